The van der Waals surface area contributed by atoms with Crippen molar-refractivity contribution in [1.82, 2.24) is 0 Å². The first-order chi connectivity index (χ1) is 9.04. The van der Waals surface area contributed by atoms with Gasteiger partial charge >= 0.3 is 0 Å². The maximum atomic E-state index is 12.2. The second kappa shape index (κ2) is 7.30. The summed E-state index contributed by atoms with van der Waals surface area (Å²) in [5.74, 6) is 0.0999. The lowest BCUT2D eigenvalue weighted by Crippen LogP contribution is -2.22. The van der Waals surface area contributed by atoms with Crippen LogP contribution in [0.5, 0.6) is 0 Å². The Morgan fingerprint density at radius 2 is 2.11 bits per heavy atom. The molecule has 0 aliphatic rings. The number of carbonyl (C=O) groups excluding carboxylic acids is 1. The van der Waals surface area contributed by atoms with Gasteiger partial charge in [-0.25, -0.2) is 0 Å². The highest BCUT2D eigenvalue weighted by Crippen LogP contribution is 2.32. The van der Waals surface area contributed by atoms with Crippen LogP contribution >= 0.6 is 11.3 Å². The Morgan fingerprint density at radius 3 is 2.63 bits per heavy atom. The van der Waals surface area contributed by atoms with Crippen molar-refractivity contribution in [2.75, 3.05) is 5.32 Å². The van der Waals surface area contributed by atoms with E-state index < -0.39 is 0 Å². The molecule has 1 aromatic rings. The highest BCUT2D eigenvalue weighted by Gasteiger charge is 2.19. The predicted octanol–water partition coefficient (Wildman–Crippen LogP) is 4.39. The van der Waals surface area contributed by atoms with Gasteiger partial charge in [-0.3, -0.25) is 4.79 Å². The number of unbranched alkanes of at least 4 members (excludes halogenated alkanes) is 1. The second-order valence-corrected chi connectivity index (χ2v) is 6.06. The standard InChI is InChI=1S/C15H22N2OS/c1-5-7-8-12(6-2)14(18)17-15-13(9-16)10(3)11(4)19-15/h12H,5-8H2,1-4H3,(H,17,18)/t12-/m0/s1. The second-order valence-electron chi connectivity index (χ2n) is 4.84. The summed E-state index contributed by atoms with van der Waals surface area (Å²) in [4.78, 5) is 13.3. The average Bonchev–Trinajstić information content (AvgIpc) is 2.65. The number of anilines is 1. The first-order valence-corrected chi connectivity index (χ1v) is 7.67. The summed E-state index contributed by atoms with van der Waals surface area (Å²) < 4.78 is 0. The van der Waals surface area contributed by atoms with E-state index in [9.17, 15) is 4.79 Å². The van der Waals surface area contributed by atoms with Gasteiger partial charge in [0.15, 0.2) is 0 Å². The van der Waals surface area contributed by atoms with Gasteiger partial charge in [0.05, 0.1) is 5.56 Å². The number of nitrogens with one attached hydrogen (secondary N) is 1. The Hall–Kier alpha value is -1.34. The normalized spacial score (nSPS) is 11.9. The van der Waals surface area contributed by atoms with Crippen molar-refractivity contribution in [1.29, 1.82) is 5.26 Å². The van der Waals surface area contributed by atoms with E-state index in [1.54, 1.807) is 0 Å². The van der Waals surface area contributed by atoms with Crippen LogP contribution in [0.15, 0.2) is 0 Å². The molecule has 19 heavy (non-hydrogen) atoms. The third-order valence-corrected chi connectivity index (χ3v) is 4.63. The largest absolute Gasteiger partial charge is 0.316 e. The topological polar surface area (TPSA) is 52.9 Å². The molecule has 0 radical (unpaired) electrons. The third-order valence-electron chi connectivity index (χ3n) is 3.50. The molecule has 1 amide bonds. The fourth-order valence-corrected chi connectivity index (χ4v) is 3.05. The molecule has 1 atom stereocenters. The molecule has 1 rings (SSSR count). The summed E-state index contributed by atoms with van der Waals surface area (Å²) in [6.07, 6.45) is 3.94. The number of carbonyl (C=O) groups is 1. The molecular weight excluding hydrogens is 256 g/mol. The zero-order valence-electron chi connectivity index (χ0n) is 12.2. The molecule has 0 aliphatic carbocycles. The van der Waals surface area contributed by atoms with E-state index in [1.807, 2.05) is 20.8 Å². The minimum absolute atomic E-state index is 0.0497. The summed E-state index contributed by atoms with van der Waals surface area (Å²) in [5, 5.41) is 12.8. The van der Waals surface area contributed by atoms with Crippen LogP contribution in [0, 0.1) is 31.1 Å². The van der Waals surface area contributed by atoms with Crippen molar-refractivity contribution >= 4 is 22.2 Å². The van der Waals surface area contributed by atoms with Crippen LogP contribution < -0.4 is 5.32 Å². The number of rotatable bonds is 6. The zero-order valence-corrected chi connectivity index (χ0v) is 13.0. The van der Waals surface area contributed by atoms with E-state index in [0.717, 1.165) is 36.1 Å². The maximum absolute atomic E-state index is 12.2. The van der Waals surface area contributed by atoms with Crippen LogP contribution in [-0.2, 0) is 4.79 Å². The summed E-state index contributed by atoms with van der Waals surface area (Å²) in [5.41, 5.74) is 1.59. The lowest BCUT2D eigenvalue weighted by molar-refractivity contribution is -0.120. The van der Waals surface area contributed by atoms with Crippen LogP contribution in [0.3, 0.4) is 0 Å². The molecule has 0 aliphatic heterocycles. The summed E-state index contributed by atoms with van der Waals surface area (Å²) in [6, 6.07) is 2.19. The molecule has 3 nitrogen and oxygen atoms in total. The zero-order chi connectivity index (χ0) is 14.4. The van der Waals surface area contributed by atoms with E-state index in [1.165, 1.54) is 11.3 Å². The smallest absolute Gasteiger partial charge is 0.228 e. The number of aryl methyl sites for hydroxylation is 1. The molecule has 0 fully saturated rings. The fourth-order valence-electron chi connectivity index (χ4n) is 2.03. The van der Waals surface area contributed by atoms with Crippen molar-refractivity contribution in [3.63, 3.8) is 0 Å². The van der Waals surface area contributed by atoms with Gasteiger partial charge in [-0.05, 0) is 32.3 Å². The van der Waals surface area contributed by atoms with Crippen LogP contribution in [0.25, 0.3) is 0 Å². The molecule has 0 bridgehead atoms. The van der Waals surface area contributed by atoms with Gasteiger partial charge in [-0.15, -0.1) is 11.3 Å². The molecule has 4 heteroatoms. The molecule has 104 valence electrons. The van der Waals surface area contributed by atoms with E-state index >= 15 is 0 Å². The van der Waals surface area contributed by atoms with E-state index in [0.29, 0.717) is 10.6 Å². The van der Waals surface area contributed by atoms with Crippen LogP contribution in [0.1, 0.15) is 55.5 Å². The summed E-state index contributed by atoms with van der Waals surface area (Å²) in [7, 11) is 0. The monoisotopic (exact) mass is 278 g/mol. The van der Waals surface area contributed by atoms with Crippen molar-refractivity contribution in [2.45, 2.75) is 53.4 Å². The fraction of sp³-hybridized carbons (Fsp3) is 0.600. The molecule has 0 aromatic carbocycles. The van der Waals surface area contributed by atoms with Crippen molar-refractivity contribution in [3.8, 4) is 6.07 Å². The molecule has 0 saturated heterocycles. The predicted molar refractivity (Wildman–Crippen MR) is 80.4 cm³/mol. The van der Waals surface area contributed by atoms with E-state index in [-0.39, 0.29) is 11.8 Å². The van der Waals surface area contributed by atoms with Crippen molar-refractivity contribution in [3.05, 3.63) is 16.0 Å². The quantitative estimate of drug-likeness (QED) is 0.839. The van der Waals surface area contributed by atoms with Gasteiger partial charge in [0, 0.05) is 10.8 Å². The number of hydrogen-bond acceptors (Lipinski definition) is 3. The minimum Gasteiger partial charge on any atom is -0.316 e. The maximum Gasteiger partial charge on any atom is 0.228 e. The molecule has 1 heterocycles. The highest BCUT2D eigenvalue weighted by atomic mass is 32.1. The number of thiophene rings is 1. The number of nitrogens with zero attached hydrogens (tertiary/aromatic N) is 1. The highest BCUT2D eigenvalue weighted by molar-refractivity contribution is 7.16. The summed E-state index contributed by atoms with van der Waals surface area (Å²) >= 11 is 1.49. The molecule has 0 spiro atoms. The van der Waals surface area contributed by atoms with Crippen molar-refractivity contribution in [2.24, 2.45) is 5.92 Å². The Kier molecular flexibility index (Phi) is 6.04. The lowest BCUT2D eigenvalue weighted by Gasteiger charge is -2.13. The lowest BCUT2D eigenvalue weighted by atomic mass is 9.98. The van der Waals surface area contributed by atoms with Gasteiger partial charge in [0.25, 0.3) is 0 Å². The molecule has 0 saturated carbocycles. The molecule has 1 aromatic heterocycles. The van der Waals surface area contributed by atoms with Crippen LogP contribution in [-0.4, -0.2) is 5.91 Å². The Labute approximate surface area is 119 Å². The molecule has 1 N–H and O–H groups in total. The Bertz CT molecular complexity index is 485. The van der Waals surface area contributed by atoms with E-state index in [2.05, 4.69) is 18.3 Å². The molecule has 0 unspecified atom stereocenters. The number of nitriles is 1. The van der Waals surface area contributed by atoms with Gasteiger partial charge in [0.2, 0.25) is 5.91 Å². The first kappa shape index (κ1) is 15.7. The van der Waals surface area contributed by atoms with E-state index in [4.69, 9.17) is 5.26 Å². The van der Waals surface area contributed by atoms with Gasteiger partial charge in [-0.2, -0.15) is 5.26 Å². The first-order valence-electron chi connectivity index (χ1n) is 6.86. The SMILES string of the molecule is CCCC[C@H](CC)C(=O)Nc1sc(C)c(C)c1C#N. The van der Waals surface area contributed by atoms with Crippen molar-refractivity contribution < 1.29 is 4.79 Å². The van der Waals surface area contributed by atoms with Crippen LogP contribution in [0.4, 0.5) is 5.00 Å². The Balaban J connectivity index is 2.81. The Morgan fingerprint density at radius 1 is 1.42 bits per heavy atom. The molecular formula is C15H22N2OS. The van der Waals surface area contributed by atoms with Gasteiger partial charge < -0.3 is 5.32 Å². The minimum atomic E-state index is 0.0497. The third kappa shape index (κ3) is 3.81. The number of amides is 1. The summed E-state index contributed by atoms with van der Waals surface area (Å²) in [6.45, 7) is 8.07. The van der Waals surface area contributed by atoms with Crippen LogP contribution in [0.2, 0.25) is 0 Å². The number of hydrogen-bond donors (Lipinski definition) is 1. The van der Waals surface area contributed by atoms with Gasteiger partial charge in [-0.1, -0.05) is 26.7 Å². The average molecular weight is 278 g/mol. The van der Waals surface area contributed by atoms with Gasteiger partial charge in [0.1, 0.15) is 11.1 Å².